The lowest BCUT2D eigenvalue weighted by molar-refractivity contribution is -0.124. The summed E-state index contributed by atoms with van der Waals surface area (Å²) < 4.78 is 0. The van der Waals surface area contributed by atoms with Gasteiger partial charge in [-0.25, -0.2) is 0 Å². The van der Waals surface area contributed by atoms with Crippen molar-refractivity contribution >= 4 is 17.3 Å². The normalized spacial score (nSPS) is 12.2. The van der Waals surface area contributed by atoms with Crippen molar-refractivity contribution in [2.75, 3.05) is 0 Å². The van der Waals surface area contributed by atoms with Gasteiger partial charge in [0, 0.05) is 0 Å². The van der Waals surface area contributed by atoms with E-state index in [9.17, 15) is 14.4 Å². The molecule has 0 heterocycles. The quantitative estimate of drug-likeness (QED) is 0.201. The molecule has 0 aliphatic heterocycles. The molecule has 0 atom stereocenters. The zero-order valence-corrected chi connectivity index (χ0v) is 17.5. The van der Waals surface area contributed by atoms with E-state index < -0.39 is 0 Å². The fourth-order valence-corrected chi connectivity index (χ4v) is 2.56. The summed E-state index contributed by atoms with van der Waals surface area (Å²) in [6.45, 7) is 13.2. The Balaban J connectivity index is 5.46. The summed E-state index contributed by atoms with van der Waals surface area (Å²) in [7, 11) is 0. The van der Waals surface area contributed by atoms with Gasteiger partial charge in [-0.3, -0.25) is 14.4 Å². The first-order valence-electron chi connectivity index (χ1n) is 9.25. The summed E-state index contributed by atoms with van der Waals surface area (Å²) >= 11 is 0. The van der Waals surface area contributed by atoms with E-state index in [2.05, 4.69) is 12.2 Å². The van der Waals surface area contributed by atoms with Gasteiger partial charge in [0.2, 0.25) is 0 Å². The van der Waals surface area contributed by atoms with E-state index in [1.807, 2.05) is 41.5 Å². The van der Waals surface area contributed by atoms with Crippen LogP contribution in [0, 0.1) is 0 Å². The molecule has 0 aromatic carbocycles. The van der Waals surface area contributed by atoms with Crippen LogP contribution in [0.25, 0.3) is 0 Å². The molecular formula is C23H34O3. The summed E-state index contributed by atoms with van der Waals surface area (Å²) in [6, 6.07) is 0. The van der Waals surface area contributed by atoms with Crippen molar-refractivity contribution in [3.8, 4) is 0 Å². The maximum Gasteiger partial charge on any atom is 0.189 e. The number of hydrogen-bond donors (Lipinski definition) is 0. The highest BCUT2D eigenvalue weighted by atomic mass is 16.2. The fraction of sp³-hybridized carbons (Fsp3) is 0.522. The minimum absolute atomic E-state index is 0.184. The molecular weight excluding hydrogens is 324 g/mol. The monoisotopic (exact) mass is 358 g/mol. The number of rotatable bonds is 11. The van der Waals surface area contributed by atoms with Crippen LogP contribution < -0.4 is 0 Å². The molecule has 0 saturated carbocycles. The van der Waals surface area contributed by atoms with Crippen LogP contribution in [0.3, 0.4) is 0 Å². The topological polar surface area (TPSA) is 51.2 Å². The number of carbonyl (C=O) groups excluding carboxylic acids is 3. The highest BCUT2D eigenvalue weighted by Gasteiger charge is 2.20. The van der Waals surface area contributed by atoms with Gasteiger partial charge in [0.15, 0.2) is 11.6 Å². The molecule has 0 aromatic rings. The summed E-state index contributed by atoms with van der Waals surface area (Å²) in [4.78, 5) is 36.5. The second-order valence-electron chi connectivity index (χ2n) is 7.45. The summed E-state index contributed by atoms with van der Waals surface area (Å²) in [5.41, 5.74) is 4.33. The predicted octanol–water partition coefficient (Wildman–Crippen LogP) is 5.86. The average Bonchev–Trinajstić information content (AvgIpc) is 2.45. The Morgan fingerprint density at radius 2 is 1.23 bits per heavy atom. The summed E-state index contributed by atoms with van der Waals surface area (Å²) in [6.07, 6.45) is 8.62. The molecule has 0 aromatic heterocycles. The number of allylic oxidation sites excluding steroid dienone is 8. The number of Topliss-reactive ketones (excluding diaryl/α,β-unsaturated/α-hetero) is 2. The second kappa shape index (κ2) is 12.3. The fourth-order valence-electron chi connectivity index (χ4n) is 2.56. The van der Waals surface area contributed by atoms with Crippen LogP contribution in [0.4, 0.5) is 0 Å². The Kier molecular flexibility index (Phi) is 11.4. The zero-order valence-electron chi connectivity index (χ0n) is 17.5. The van der Waals surface area contributed by atoms with Crippen LogP contribution in [-0.4, -0.2) is 17.3 Å². The van der Waals surface area contributed by atoms with Crippen molar-refractivity contribution < 1.29 is 14.4 Å². The summed E-state index contributed by atoms with van der Waals surface area (Å²) in [5, 5.41) is 0. The van der Waals surface area contributed by atoms with E-state index in [1.54, 1.807) is 6.08 Å². The number of carbonyl (C=O) groups is 3. The lowest BCUT2D eigenvalue weighted by Gasteiger charge is -2.09. The van der Waals surface area contributed by atoms with Crippen LogP contribution in [0.15, 0.2) is 46.1 Å². The molecule has 26 heavy (non-hydrogen) atoms. The first kappa shape index (κ1) is 24.0. The van der Waals surface area contributed by atoms with Crippen LogP contribution in [-0.2, 0) is 14.4 Å². The van der Waals surface area contributed by atoms with Crippen molar-refractivity contribution in [3.63, 3.8) is 0 Å². The Labute approximate surface area is 158 Å². The van der Waals surface area contributed by atoms with Gasteiger partial charge < -0.3 is 0 Å². The molecule has 3 nitrogen and oxygen atoms in total. The van der Waals surface area contributed by atoms with Crippen LogP contribution in [0.1, 0.15) is 80.6 Å². The average molecular weight is 359 g/mol. The molecule has 0 aliphatic rings. The zero-order chi connectivity index (χ0) is 20.3. The van der Waals surface area contributed by atoms with Gasteiger partial charge >= 0.3 is 0 Å². The van der Waals surface area contributed by atoms with Crippen LogP contribution >= 0.6 is 0 Å². The molecule has 0 amide bonds. The first-order valence-corrected chi connectivity index (χ1v) is 9.25. The first-order chi connectivity index (χ1) is 12.0. The van der Waals surface area contributed by atoms with Gasteiger partial charge in [-0.15, -0.1) is 0 Å². The Hall–Kier alpha value is -2.03. The molecule has 0 radical (unpaired) electrons. The van der Waals surface area contributed by atoms with E-state index in [-0.39, 0.29) is 29.3 Å². The molecule has 0 rings (SSSR count). The highest BCUT2D eigenvalue weighted by molar-refractivity contribution is 6.27. The summed E-state index contributed by atoms with van der Waals surface area (Å²) in [5.74, 6) is -0.868. The highest BCUT2D eigenvalue weighted by Crippen LogP contribution is 2.18. The van der Waals surface area contributed by atoms with Gasteiger partial charge in [-0.2, -0.15) is 0 Å². The molecule has 144 valence electrons. The van der Waals surface area contributed by atoms with Crippen molar-refractivity contribution in [2.24, 2.45) is 0 Å². The number of ketones is 3. The molecule has 0 aliphatic carbocycles. The van der Waals surface area contributed by atoms with E-state index in [0.717, 1.165) is 30.4 Å². The van der Waals surface area contributed by atoms with E-state index in [0.29, 0.717) is 6.42 Å². The Bertz CT molecular complexity index is 647. The van der Waals surface area contributed by atoms with E-state index in [1.165, 1.54) is 18.1 Å². The standard InChI is InChI=1S/C23H34O3/c1-16(2)10-8-12-18(5)14-21(25)23(22(26)15-20(7)24)19(6)13-9-11-17(3)4/h10-11,14H,8-9,12-13,15H2,1-7H3/b18-14+,23-19-. The van der Waals surface area contributed by atoms with E-state index in [4.69, 9.17) is 0 Å². The van der Waals surface area contributed by atoms with Gasteiger partial charge in [-0.1, -0.05) is 34.4 Å². The largest absolute Gasteiger partial charge is 0.300 e. The van der Waals surface area contributed by atoms with Crippen molar-refractivity contribution in [3.05, 3.63) is 46.1 Å². The Morgan fingerprint density at radius 3 is 1.69 bits per heavy atom. The maximum absolute atomic E-state index is 12.7. The van der Waals surface area contributed by atoms with E-state index >= 15 is 0 Å². The minimum atomic E-state index is -0.370. The minimum Gasteiger partial charge on any atom is -0.300 e. The third-order valence-electron chi connectivity index (χ3n) is 3.90. The molecule has 0 spiro atoms. The molecule has 3 heteroatoms. The van der Waals surface area contributed by atoms with Crippen LogP contribution in [0.5, 0.6) is 0 Å². The molecule has 0 fully saturated rings. The van der Waals surface area contributed by atoms with Gasteiger partial charge in [-0.05, 0) is 80.2 Å². The van der Waals surface area contributed by atoms with Crippen molar-refractivity contribution in [1.29, 1.82) is 0 Å². The van der Waals surface area contributed by atoms with Crippen molar-refractivity contribution in [2.45, 2.75) is 80.6 Å². The van der Waals surface area contributed by atoms with Crippen LogP contribution in [0.2, 0.25) is 0 Å². The predicted molar refractivity (Wildman–Crippen MR) is 109 cm³/mol. The Morgan fingerprint density at radius 1 is 0.731 bits per heavy atom. The molecule has 0 bridgehead atoms. The van der Waals surface area contributed by atoms with Gasteiger partial charge in [0.1, 0.15) is 5.78 Å². The van der Waals surface area contributed by atoms with Gasteiger partial charge in [0.25, 0.3) is 0 Å². The second-order valence-corrected chi connectivity index (χ2v) is 7.45. The number of hydrogen-bond acceptors (Lipinski definition) is 3. The smallest absolute Gasteiger partial charge is 0.189 e. The molecule has 0 saturated heterocycles. The third-order valence-corrected chi connectivity index (χ3v) is 3.90. The lowest BCUT2D eigenvalue weighted by atomic mass is 9.93. The SMILES string of the molecule is CC(=O)CC(=O)/C(C(=O)/C=C(\C)CCC=C(C)C)=C(/C)CCC=C(C)C. The lowest BCUT2D eigenvalue weighted by Crippen LogP contribution is -2.16. The third kappa shape index (κ3) is 10.8. The van der Waals surface area contributed by atoms with Crippen molar-refractivity contribution in [1.82, 2.24) is 0 Å². The van der Waals surface area contributed by atoms with Gasteiger partial charge in [0.05, 0.1) is 12.0 Å². The maximum atomic E-state index is 12.7. The molecule has 0 N–H and O–H groups in total. The molecule has 0 unspecified atom stereocenters.